The van der Waals surface area contributed by atoms with Crippen LogP contribution in [0, 0.1) is 11.8 Å². The van der Waals surface area contributed by atoms with Gasteiger partial charge in [-0.05, 0) is 54.3 Å². The number of aliphatic hydroxyl groups excluding tert-OH is 1. The van der Waals surface area contributed by atoms with Crippen LogP contribution >= 0.6 is 0 Å². The van der Waals surface area contributed by atoms with E-state index in [0.29, 0.717) is 17.9 Å². The summed E-state index contributed by atoms with van der Waals surface area (Å²) in [4.78, 5) is 16.8. The first-order chi connectivity index (χ1) is 17.2. The summed E-state index contributed by atoms with van der Waals surface area (Å²) in [5.41, 5.74) is 0.541. The summed E-state index contributed by atoms with van der Waals surface area (Å²) in [5, 5.41) is 12.2. The van der Waals surface area contributed by atoms with Crippen molar-refractivity contribution in [1.82, 2.24) is 9.29 Å². The Morgan fingerprint density at radius 3 is 2.61 bits per heavy atom. The van der Waals surface area contributed by atoms with Crippen LogP contribution in [0.25, 0.3) is 0 Å². The third kappa shape index (κ3) is 7.26. The lowest BCUT2D eigenvalue weighted by molar-refractivity contribution is -0.148. The fourth-order valence-corrected chi connectivity index (χ4v) is 5.10. The fourth-order valence-electron chi connectivity index (χ4n) is 3.69. The lowest BCUT2D eigenvalue weighted by atomic mass is 9.90. The van der Waals surface area contributed by atoms with E-state index >= 15 is 0 Å². The molecule has 1 aliphatic rings. The maximum absolute atomic E-state index is 13.1. The largest absolute Gasteiger partial charge is 0.497 e. The van der Waals surface area contributed by atoms with E-state index in [4.69, 9.17) is 14.2 Å². The zero-order valence-corrected chi connectivity index (χ0v) is 21.5. The molecule has 0 bridgehead atoms. The van der Waals surface area contributed by atoms with Gasteiger partial charge in [0, 0.05) is 25.7 Å². The molecule has 2 heterocycles. The number of anilines is 1. The molecule has 1 aromatic heterocycles. The van der Waals surface area contributed by atoms with Crippen molar-refractivity contribution in [3.05, 3.63) is 60.6 Å². The Morgan fingerprint density at radius 1 is 1.25 bits per heavy atom. The highest BCUT2D eigenvalue weighted by Crippen LogP contribution is 2.29. The van der Waals surface area contributed by atoms with Gasteiger partial charge >= 0.3 is 0 Å². The summed E-state index contributed by atoms with van der Waals surface area (Å²) in [7, 11) is -2.36. The van der Waals surface area contributed by atoms with Gasteiger partial charge in [-0.25, -0.2) is 8.42 Å². The molecule has 1 aliphatic heterocycles. The number of aromatic nitrogens is 1. The van der Waals surface area contributed by atoms with Crippen LogP contribution in [0.3, 0.4) is 0 Å². The summed E-state index contributed by atoms with van der Waals surface area (Å²) in [6, 6.07) is 9.47. The van der Waals surface area contributed by atoms with E-state index < -0.39 is 22.2 Å². The van der Waals surface area contributed by atoms with Crippen LogP contribution in [0.15, 0.2) is 65.5 Å². The number of nitrogens with one attached hydrogen (secondary N) is 1. The second kappa shape index (κ2) is 12.8. The number of methoxy groups -OCH3 is 1. The van der Waals surface area contributed by atoms with Crippen molar-refractivity contribution in [3.8, 4) is 5.75 Å². The third-order valence-electron chi connectivity index (χ3n) is 5.78. The molecule has 2 atom stereocenters. The molecule has 36 heavy (non-hydrogen) atoms. The molecule has 0 unspecified atom stereocenters. The Hall–Kier alpha value is -2.99. The van der Waals surface area contributed by atoms with Gasteiger partial charge in [-0.3, -0.25) is 9.78 Å². The van der Waals surface area contributed by atoms with Crippen LogP contribution < -0.4 is 10.1 Å². The van der Waals surface area contributed by atoms with Gasteiger partial charge in [-0.15, -0.1) is 0 Å². The first-order valence-electron chi connectivity index (χ1n) is 11.7. The number of hydrogen-bond acceptors (Lipinski definition) is 8. The standard InChI is InChI=1S/C25H33N3O7S/c1-18(2)19-15-23(25(30)27-20-5-4-10-26-17-20)35-24(16-19)34-14-12-28(11-13-29)36(31,32)22-8-6-21(33-3)7-9-22/h4-10,15,17-19,24,29H,11-14,16H2,1-3H3,(H,27,30)/t19-,24+/m1/s1. The number of amides is 1. The maximum Gasteiger partial charge on any atom is 0.290 e. The highest BCUT2D eigenvalue weighted by molar-refractivity contribution is 7.89. The predicted octanol–water partition coefficient (Wildman–Crippen LogP) is 2.63. The van der Waals surface area contributed by atoms with E-state index in [1.807, 2.05) is 13.8 Å². The zero-order valence-electron chi connectivity index (χ0n) is 20.7. The Kier molecular flexibility index (Phi) is 9.82. The first-order valence-corrected chi connectivity index (χ1v) is 13.1. The quantitative estimate of drug-likeness (QED) is 0.438. The van der Waals surface area contributed by atoms with Crippen molar-refractivity contribution in [3.63, 3.8) is 0 Å². The lowest BCUT2D eigenvalue weighted by Crippen LogP contribution is -2.38. The van der Waals surface area contributed by atoms with Crippen molar-refractivity contribution >= 4 is 21.6 Å². The average Bonchev–Trinajstić information content (AvgIpc) is 2.88. The number of rotatable bonds is 12. The van der Waals surface area contributed by atoms with Gasteiger partial charge in [0.25, 0.3) is 5.91 Å². The fraction of sp³-hybridized carbons (Fsp3) is 0.440. The van der Waals surface area contributed by atoms with E-state index in [-0.39, 0.29) is 48.8 Å². The molecule has 0 fully saturated rings. The van der Waals surface area contributed by atoms with Crippen LogP contribution in [-0.2, 0) is 24.3 Å². The molecule has 0 aliphatic carbocycles. The SMILES string of the molecule is COc1ccc(S(=O)(=O)N(CCO)CCO[C@@H]2C[C@H](C(C)C)C=C(C(=O)Nc3cccnc3)O2)cc1. The zero-order chi connectivity index (χ0) is 26.1. The molecular weight excluding hydrogens is 486 g/mol. The number of allylic oxidation sites excluding steroid dienone is 1. The molecule has 0 saturated carbocycles. The number of carbonyl (C=O) groups is 1. The van der Waals surface area contributed by atoms with Gasteiger partial charge in [0.15, 0.2) is 5.76 Å². The number of nitrogens with zero attached hydrogens (tertiary/aromatic N) is 2. The highest BCUT2D eigenvalue weighted by Gasteiger charge is 2.30. The second-order valence-corrected chi connectivity index (χ2v) is 10.5. The molecule has 2 aromatic rings. The monoisotopic (exact) mass is 519 g/mol. The number of pyridine rings is 1. The van der Waals surface area contributed by atoms with Crippen molar-refractivity contribution in [2.75, 3.05) is 38.7 Å². The molecule has 10 nitrogen and oxygen atoms in total. The van der Waals surface area contributed by atoms with E-state index in [1.54, 1.807) is 36.5 Å². The Labute approximate surface area is 211 Å². The second-order valence-electron chi connectivity index (χ2n) is 8.59. The van der Waals surface area contributed by atoms with Crippen LogP contribution in [0.2, 0.25) is 0 Å². The van der Waals surface area contributed by atoms with E-state index in [9.17, 15) is 18.3 Å². The minimum Gasteiger partial charge on any atom is -0.497 e. The van der Waals surface area contributed by atoms with Crippen LogP contribution in [-0.4, -0.2) is 68.4 Å². The van der Waals surface area contributed by atoms with Gasteiger partial charge in [0.1, 0.15) is 5.75 Å². The molecule has 1 amide bonds. The predicted molar refractivity (Wildman–Crippen MR) is 134 cm³/mol. The summed E-state index contributed by atoms with van der Waals surface area (Å²) in [6.07, 6.45) is 4.74. The smallest absolute Gasteiger partial charge is 0.290 e. The molecule has 196 valence electrons. The van der Waals surface area contributed by atoms with Gasteiger partial charge in [0.2, 0.25) is 16.3 Å². The van der Waals surface area contributed by atoms with Crippen LogP contribution in [0.4, 0.5) is 5.69 Å². The first kappa shape index (κ1) is 27.6. The lowest BCUT2D eigenvalue weighted by Gasteiger charge is -2.31. The normalized spacial score (nSPS) is 18.0. The van der Waals surface area contributed by atoms with Crippen molar-refractivity contribution < 1.29 is 32.5 Å². The minimum atomic E-state index is -3.86. The topological polar surface area (TPSA) is 127 Å². The van der Waals surface area contributed by atoms with E-state index in [1.165, 1.54) is 25.4 Å². The number of hydrogen-bond donors (Lipinski definition) is 2. The number of sulfonamides is 1. The Balaban J connectivity index is 1.64. The van der Waals surface area contributed by atoms with Crippen LogP contribution in [0.1, 0.15) is 20.3 Å². The molecule has 0 spiro atoms. The number of aliphatic hydroxyl groups is 1. The summed E-state index contributed by atoms with van der Waals surface area (Å²) in [5.74, 6) is 0.548. The average molecular weight is 520 g/mol. The molecule has 0 saturated heterocycles. The van der Waals surface area contributed by atoms with Gasteiger partial charge in [-0.1, -0.05) is 13.8 Å². The number of carbonyl (C=O) groups excluding carboxylic acids is 1. The molecule has 1 aromatic carbocycles. The maximum atomic E-state index is 13.1. The highest BCUT2D eigenvalue weighted by atomic mass is 32.2. The van der Waals surface area contributed by atoms with E-state index in [2.05, 4.69) is 10.3 Å². The van der Waals surface area contributed by atoms with Gasteiger partial charge in [0.05, 0.1) is 37.1 Å². The third-order valence-corrected chi connectivity index (χ3v) is 7.69. The summed E-state index contributed by atoms with van der Waals surface area (Å²) in [6.45, 7) is 3.68. The van der Waals surface area contributed by atoms with E-state index in [0.717, 1.165) is 4.31 Å². The molecule has 2 N–H and O–H groups in total. The molecule has 3 rings (SSSR count). The minimum absolute atomic E-state index is 0.00204. The Bertz CT molecular complexity index is 1120. The Morgan fingerprint density at radius 2 is 2.00 bits per heavy atom. The number of ether oxygens (including phenoxy) is 3. The van der Waals surface area contributed by atoms with Crippen molar-refractivity contribution in [2.24, 2.45) is 11.8 Å². The van der Waals surface area contributed by atoms with Crippen LogP contribution in [0.5, 0.6) is 5.75 Å². The summed E-state index contributed by atoms with van der Waals surface area (Å²) < 4.78 is 44.1. The van der Waals surface area contributed by atoms with Gasteiger partial charge in [-0.2, -0.15) is 4.31 Å². The molecule has 0 radical (unpaired) electrons. The summed E-state index contributed by atoms with van der Waals surface area (Å²) >= 11 is 0. The van der Waals surface area contributed by atoms with Crippen molar-refractivity contribution in [1.29, 1.82) is 0 Å². The number of benzene rings is 1. The van der Waals surface area contributed by atoms with Crippen molar-refractivity contribution in [2.45, 2.75) is 31.5 Å². The molecule has 11 heteroatoms. The van der Waals surface area contributed by atoms with Gasteiger partial charge < -0.3 is 24.6 Å². The molecular formula is C25H33N3O7S.